The highest BCUT2D eigenvalue weighted by atomic mass is 19.2. The van der Waals surface area contributed by atoms with Gasteiger partial charge in [0, 0.05) is 23.7 Å². The summed E-state index contributed by atoms with van der Waals surface area (Å²) in [7, 11) is 0. The maximum Gasteiger partial charge on any atom is 0.266 e. The Morgan fingerprint density at radius 3 is 2.52 bits per heavy atom. The number of halogens is 2. The van der Waals surface area contributed by atoms with Crippen LogP contribution < -0.4 is 10.1 Å². The molecule has 8 heteroatoms. The highest BCUT2D eigenvalue weighted by Crippen LogP contribution is 2.26. The van der Waals surface area contributed by atoms with E-state index in [9.17, 15) is 13.6 Å². The third-order valence-electron chi connectivity index (χ3n) is 4.17. The molecule has 0 fully saturated rings. The summed E-state index contributed by atoms with van der Waals surface area (Å²) in [5.41, 5.74) is 0.528. The third-order valence-corrected chi connectivity index (χ3v) is 4.17. The maximum atomic E-state index is 13.4. The topological polar surface area (TPSA) is 69.0 Å². The number of anilines is 1. The van der Waals surface area contributed by atoms with Crippen LogP contribution in [0.4, 0.5) is 14.6 Å². The highest BCUT2D eigenvalue weighted by Gasteiger charge is 2.24. The Hall–Kier alpha value is -3.29. The molecular formula is C21H22F2N4O2. The van der Waals surface area contributed by atoms with Crippen molar-refractivity contribution in [2.45, 2.75) is 39.2 Å². The van der Waals surface area contributed by atoms with E-state index < -0.39 is 23.6 Å². The average molecular weight is 400 g/mol. The number of carbonyl (C=O) groups excluding carboxylic acids is 1. The molecule has 3 aromatic rings. The molecular weight excluding hydrogens is 378 g/mol. The SMILES string of the molecule is CC(Oc1ccc(F)c(F)c1)C(=O)Nc1cc(C(C)(C)C)nn1-c1ccccn1. The van der Waals surface area contributed by atoms with Gasteiger partial charge in [-0.15, -0.1) is 0 Å². The minimum atomic E-state index is -1.04. The number of ether oxygens (including phenoxy) is 1. The predicted octanol–water partition coefficient (Wildman–Crippen LogP) is 4.25. The van der Waals surface area contributed by atoms with Gasteiger partial charge in [0.2, 0.25) is 0 Å². The number of pyridine rings is 1. The number of rotatable bonds is 5. The summed E-state index contributed by atoms with van der Waals surface area (Å²) >= 11 is 0. The van der Waals surface area contributed by atoms with Gasteiger partial charge < -0.3 is 10.1 Å². The van der Waals surface area contributed by atoms with Crippen molar-refractivity contribution >= 4 is 11.7 Å². The number of carbonyl (C=O) groups is 1. The Morgan fingerprint density at radius 1 is 1.14 bits per heavy atom. The molecule has 2 aromatic heterocycles. The molecule has 152 valence electrons. The van der Waals surface area contributed by atoms with Gasteiger partial charge in [-0.2, -0.15) is 9.78 Å². The fourth-order valence-corrected chi connectivity index (χ4v) is 2.53. The van der Waals surface area contributed by atoms with Crippen molar-refractivity contribution in [3.05, 3.63) is 66.0 Å². The van der Waals surface area contributed by atoms with Crippen LogP contribution >= 0.6 is 0 Å². The van der Waals surface area contributed by atoms with Crippen LogP contribution in [0.15, 0.2) is 48.7 Å². The second-order valence-electron chi connectivity index (χ2n) is 7.59. The highest BCUT2D eigenvalue weighted by molar-refractivity contribution is 5.93. The number of hydrogen-bond acceptors (Lipinski definition) is 4. The van der Waals surface area contributed by atoms with E-state index in [0.717, 1.165) is 17.8 Å². The van der Waals surface area contributed by atoms with E-state index in [-0.39, 0.29) is 11.2 Å². The van der Waals surface area contributed by atoms with Crippen molar-refractivity contribution < 1.29 is 18.3 Å². The van der Waals surface area contributed by atoms with Crippen molar-refractivity contribution in [2.75, 3.05) is 5.32 Å². The molecule has 1 N–H and O–H groups in total. The van der Waals surface area contributed by atoms with Crippen LogP contribution in [0.5, 0.6) is 5.75 Å². The monoisotopic (exact) mass is 400 g/mol. The first-order valence-electron chi connectivity index (χ1n) is 9.09. The van der Waals surface area contributed by atoms with Gasteiger partial charge >= 0.3 is 0 Å². The van der Waals surface area contributed by atoms with Crippen LogP contribution in [0.1, 0.15) is 33.4 Å². The minimum Gasteiger partial charge on any atom is -0.481 e. The Bertz CT molecular complexity index is 1010. The number of benzene rings is 1. The molecule has 6 nitrogen and oxygen atoms in total. The lowest BCUT2D eigenvalue weighted by atomic mass is 9.92. The Kier molecular flexibility index (Phi) is 5.63. The normalized spacial score (nSPS) is 12.5. The predicted molar refractivity (Wildman–Crippen MR) is 105 cm³/mol. The van der Waals surface area contributed by atoms with Crippen molar-refractivity contribution in [1.29, 1.82) is 0 Å². The molecule has 3 rings (SSSR count). The first-order chi connectivity index (χ1) is 13.6. The molecule has 0 bridgehead atoms. The summed E-state index contributed by atoms with van der Waals surface area (Å²) in [6.45, 7) is 7.55. The quantitative estimate of drug-likeness (QED) is 0.695. The zero-order valence-electron chi connectivity index (χ0n) is 16.6. The molecule has 1 aromatic carbocycles. The second-order valence-corrected chi connectivity index (χ2v) is 7.59. The van der Waals surface area contributed by atoms with Crippen LogP contribution in [0.2, 0.25) is 0 Å². The molecule has 29 heavy (non-hydrogen) atoms. The summed E-state index contributed by atoms with van der Waals surface area (Å²) in [6, 6.07) is 10.3. The van der Waals surface area contributed by atoms with Crippen LogP contribution in [-0.4, -0.2) is 26.8 Å². The number of nitrogens with zero attached hydrogens (tertiary/aromatic N) is 3. The van der Waals surface area contributed by atoms with Crippen molar-refractivity contribution in [3.8, 4) is 11.6 Å². The fraction of sp³-hybridized carbons (Fsp3) is 0.286. The molecule has 0 saturated heterocycles. The van der Waals surface area contributed by atoms with Crippen LogP contribution in [0.25, 0.3) is 5.82 Å². The number of hydrogen-bond donors (Lipinski definition) is 1. The molecule has 0 spiro atoms. The van der Waals surface area contributed by atoms with Crippen LogP contribution in [0, 0.1) is 11.6 Å². The van der Waals surface area contributed by atoms with Crippen molar-refractivity contribution in [1.82, 2.24) is 14.8 Å². The van der Waals surface area contributed by atoms with Gasteiger partial charge in [-0.05, 0) is 31.2 Å². The van der Waals surface area contributed by atoms with E-state index >= 15 is 0 Å². The summed E-state index contributed by atoms with van der Waals surface area (Å²) in [6.07, 6.45) is 0.679. The van der Waals surface area contributed by atoms with Crippen LogP contribution in [-0.2, 0) is 10.2 Å². The van der Waals surface area contributed by atoms with E-state index in [1.807, 2.05) is 26.8 Å². The van der Waals surface area contributed by atoms with Gasteiger partial charge in [0.05, 0.1) is 5.69 Å². The van der Waals surface area contributed by atoms with Gasteiger partial charge in [0.25, 0.3) is 5.91 Å². The van der Waals surface area contributed by atoms with E-state index in [2.05, 4.69) is 15.4 Å². The van der Waals surface area contributed by atoms with Crippen molar-refractivity contribution in [2.24, 2.45) is 0 Å². The van der Waals surface area contributed by atoms with E-state index in [1.54, 1.807) is 29.1 Å². The molecule has 0 aliphatic carbocycles. The zero-order valence-corrected chi connectivity index (χ0v) is 16.6. The largest absolute Gasteiger partial charge is 0.481 e. The maximum absolute atomic E-state index is 13.4. The molecule has 0 aliphatic rings. The van der Waals surface area contributed by atoms with E-state index in [1.165, 1.54) is 13.0 Å². The standard InChI is InChI=1S/C21H22F2N4O2/c1-13(29-14-8-9-15(22)16(23)11-14)20(28)25-19-12-17(21(2,3)4)26-27(19)18-7-5-6-10-24-18/h5-13H,1-4H3,(H,25,28). The van der Waals surface area contributed by atoms with Gasteiger partial charge in [-0.3, -0.25) is 4.79 Å². The van der Waals surface area contributed by atoms with Gasteiger partial charge in [0.15, 0.2) is 23.6 Å². The minimum absolute atomic E-state index is 0.0557. The fourth-order valence-electron chi connectivity index (χ4n) is 2.53. The third kappa shape index (κ3) is 4.77. The molecule has 0 saturated carbocycles. The van der Waals surface area contributed by atoms with Gasteiger partial charge in [0.1, 0.15) is 11.6 Å². The van der Waals surface area contributed by atoms with Crippen molar-refractivity contribution in [3.63, 3.8) is 0 Å². The summed E-state index contributed by atoms with van der Waals surface area (Å²) < 4.78 is 33.4. The lowest BCUT2D eigenvalue weighted by Crippen LogP contribution is -2.31. The number of nitrogens with one attached hydrogen (secondary N) is 1. The lowest BCUT2D eigenvalue weighted by Gasteiger charge is -2.15. The zero-order chi connectivity index (χ0) is 21.2. The van der Waals surface area contributed by atoms with E-state index in [0.29, 0.717) is 11.6 Å². The smallest absolute Gasteiger partial charge is 0.266 e. The molecule has 1 amide bonds. The summed E-state index contributed by atoms with van der Waals surface area (Å²) in [4.78, 5) is 16.9. The molecule has 1 atom stereocenters. The van der Waals surface area contributed by atoms with Gasteiger partial charge in [-0.1, -0.05) is 26.8 Å². The second kappa shape index (κ2) is 7.98. The lowest BCUT2D eigenvalue weighted by molar-refractivity contribution is -0.122. The molecule has 0 aliphatic heterocycles. The Balaban J connectivity index is 1.83. The van der Waals surface area contributed by atoms with Gasteiger partial charge in [-0.25, -0.2) is 13.8 Å². The summed E-state index contributed by atoms with van der Waals surface area (Å²) in [5, 5.41) is 7.35. The molecule has 0 radical (unpaired) electrons. The average Bonchev–Trinajstić information content (AvgIpc) is 3.09. The number of amides is 1. The Morgan fingerprint density at radius 2 is 1.90 bits per heavy atom. The first-order valence-corrected chi connectivity index (χ1v) is 9.09. The molecule has 1 unspecified atom stereocenters. The number of aromatic nitrogens is 3. The van der Waals surface area contributed by atoms with E-state index in [4.69, 9.17) is 4.74 Å². The summed E-state index contributed by atoms with van der Waals surface area (Å²) in [5.74, 6) is -1.46. The molecule has 2 heterocycles. The van der Waals surface area contributed by atoms with Crippen LogP contribution in [0.3, 0.4) is 0 Å². The first kappa shape index (κ1) is 20.4. The Labute approximate surface area is 167 Å².